The molecular formula is C17H30N2O2. The summed E-state index contributed by atoms with van der Waals surface area (Å²) >= 11 is 0. The summed E-state index contributed by atoms with van der Waals surface area (Å²) in [4.78, 5) is 11.9. The molecular weight excluding hydrogens is 264 g/mol. The van der Waals surface area contributed by atoms with Crippen LogP contribution in [0.15, 0.2) is 22.8 Å². The summed E-state index contributed by atoms with van der Waals surface area (Å²) in [6, 6.07) is 3.52. The van der Waals surface area contributed by atoms with Crippen LogP contribution in [0.1, 0.15) is 58.6 Å². The number of furan rings is 1. The number of nitrogens with one attached hydrogen (secondary N) is 2. The topological polar surface area (TPSA) is 54.3 Å². The molecule has 4 nitrogen and oxygen atoms in total. The molecule has 21 heavy (non-hydrogen) atoms. The minimum atomic E-state index is -0.157. The lowest BCUT2D eigenvalue weighted by Crippen LogP contribution is -2.42. The van der Waals surface area contributed by atoms with E-state index in [1.165, 1.54) is 25.7 Å². The number of rotatable bonds is 11. The first-order valence-electron chi connectivity index (χ1n) is 8.13. The average molecular weight is 294 g/mol. The average Bonchev–Trinajstić information content (AvgIpc) is 2.96. The van der Waals surface area contributed by atoms with Crippen LogP contribution in [0.4, 0.5) is 0 Å². The summed E-state index contributed by atoms with van der Waals surface area (Å²) in [6.07, 6.45) is 7.91. The molecule has 0 radical (unpaired) electrons. The molecule has 1 rings (SSSR count). The SMILES string of the molecule is CC(C)CCCCCCNC(C)C(=O)NCc1ccco1. The van der Waals surface area contributed by atoms with Crippen LogP contribution in [-0.4, -0.2) is 18.5 Å². The molecule has 4 heteroatoms. The summed E-state index contributed by atoms with van der Waals surface area (Å²) in [6.45, 7) is 7.79. The van der Waals surface area contributed by atoms with Crippen molar-refractivity contribution in [2.75, 3.05) is 6.54 Å². The number of carbonyl (C=O) groups excluding carboxylic acids is 1. The smallest absolute Gasteiger partial charge is 0.237 e. The molecule has 0 fully saturated rings. The van der Waals surface area contributed by atoms with Crippen molar-refractivity contribution in [1.82, 2.24) is 10.6 Å². The van der Waals surface area contributed by atoms with Crippen LogP contribution in [0.5, 0.6) is 0 Å². The van der Waals surface area contributed by atoms with Crippen molar-refractivity contribution in [2.24, 2.45) is 5.92 Å². The van der Waals surface area contributed by atoms with Gasteiger partial charge in [-0.15, -0.1) is 0 Å². The van der Waals surface area contributed by atoms with Crippen molar-refractivity contribution in [2.45, 2.75) is 65.5 Å². The molecule has 1 aromatic heterocycles. The van der Waals surface area contributed by atoms with Crippen LogP contribution in [0.3, 0.4) is 0 Å². The van der Waals surface area contributed by atoms with Gasteiger partial charge >= 0.3 is 0 Å². The first kappa shape index (κ1) is 17.8. The number of amides is 1. The fourth-order valence-corrected chi connectivity index (χ4v) is 2.18. The number of unbranched alkanes of at least 4 members (excludes halogenated alkanes) is 3. The summed E-state index contributed by atoms with van der Waals surface area (Å²) < 4.78 is 5.18. The van der Waals surface area contributed by atoms with Gasteiger partial charge in [0, 0.05) is 0 Å². The predicted octanol–water partition coefficient (Wildman–Crippen LogP) is 3.48. The van der Waals surface area contributed by atoms with Gasteiger partial charge in [0.1, 0.15) is 5.76 Å². The minimum Gasteiger partial charge on any atom is -0.467 e. The Kier molecular flexibility index (Phi) is 8.83. The van der Waals surface area contributed by atoms with Gasteiger partial charge in [0.25, 0.3) is 0 Å². The van der Waals surface area contributed by atoms with E-state index in [0.29, 0.717) is 6.54 Å². The molecule has 1 aromatic rings. The van der Waals surface area contributed by atoms with Crippen molar-refractivity contribution < 1.29 is 9.21 Å². The van der Waals surface area contributed by atoms with E-state index in [1.54, 1.807) is 6.26 Å². The molecule has 0 aliphatic carbocycles. The van der Waals surface area contributed by atoms with Crippen LogP contribution >= 0.6 is 0 Å². The molecule has 0 aliphatic heterocycles. The van der Waals surface area contributed by atoms with Crippen molar-refractivity contribution in [3.8, 4) is 0 Å². The summed E-state index contributed by atoms with van der Waals surface area (Å²) in [5.41, 5.74) is 0. The molecule has 0 saturated carbocycles. The zero-order valence-corrected chi connectivity index (χ0v) is 13.7. The highest BCUT2D eigenvalue weighted by Crippen LogP contribution is 2.09. The fraction of sp³-hybridized carbons (Fsp3) is 0.706. The van der Waals surface area contributed by atoms with Gasteiger partial charge < -0.3 is 15.1 Å². The van der Waals surface area contributed by atoms with Gasteiger partial charge in [-0.1, -0.05) is 39.5 Å². The number of hydrogen-bond acceptors (Lipinski definition) is 3. The first-order valence-corrected chi connectivity index (χ1v) is 8.13. The highest BCUT2D eigenvalue weighted by Gasteiger charge is 2.11. The highest BCUT2D eigenvalue weighted by molar-refractivity contribution is 5.81. The Morgan fingerprint density at radius 1 is 1.19 bits per heavy atom. The van der Waals surface area contributed by atoms with Crippen LogP contribution < -0.4 is 10.6 Å². The largest absolute Gasteiger partial charge is 0.467 e. The third-order valence-corrected chi connectivity index (χ3v) is 3.57. The van der Waals surface area contributed by atoms with Crippen molar-refractivity contribution >= 4 is 5.91 Å². The van der Waals surface area contributed by atoms with Gasteiger partial charge in [0.2, 0.25) is 5.91 Å². The van der Waals surface area contributed by atoms with E-state index >= 15 is 0 Å². The Morgan fingerprint density at radius 3 is 2.62 bits per heavy atom. The summed E-state index contributed by atoms with van der Waals surface area (Å²) in [7, 11) is 0. The van der Waals surface area contributed by atoms with E-state index in [9.17, 15) is 4.79 Å². The van der Waals surface area contributed by atoms with Crippen molar-refractivity contribution in [3.63, 3.8) is 0 Å². The second kappa shape index (κ2) is 10.4. The van der Waals surface area contributed by atoms with Crippen LogP contribution in [0.2, 0.25) is 0 Å². The van der Waals surface area contributed by atoms with Gasteiger partial charge in [-0.3, -0.25) is 4.79 Å². The Bertz CT molecular complexity index is 374. The monoisotopic (exact) mass is 294 g/mol. The molecule has 0 bridgehead atoms. The number of carbonyl (C=O) groups is 1. The lowest BCUT2D eigenvalue weighted by molar-refractivity contribution is -0.123. The molecule has 2 N–H and O–H groups in total. The molecule has 120 valence electrons. The zero-order chi connectivity index (χ0) is 15.5. The van der Waals surface area contributed by atoms with E-state index < -0.39 is 0 Å². The molecule has 1 heterocycles. The minimum absolute atomic E-state index is 0.0196. The molecule has 1 unspecified atom stereocenters. The maximum atomic E-state index is 11.9. The van der Waals surface area contributed by atoms with Gasteiger partial charge in [-0.25, -0.2) is 0 Å². The predicted molar refractivity (Wildman–Crippen MR) is 85.9 cm³/mol. The van der Waals surface area contributed by atoms with Gasteiger partial charge in [-0.05, 0) is 37.9 Å². The van der Waals surface area contributed by atoms with Crippen molar-refractivity contribution in [3.05, 3.63) is 24.2 Å². The second-order valence-corrected chi connectivity index (χ2v) is 6.07. The van der Waals surface area contributed by atoms with Crippen LogP contribution in [0.25, 0.3) is 0 Å². The highest BCUT2D eigenvalue weighted by atomic mass is 16.3. The van der Waals surface area contributed by atoms with Crippen molar-refractivity contribution in [1.29, 1.82) is 0 Å². The first-order chi connectivity index (χ1) is 10.1. The molecule has 0 aliphatic rings. The summed E-state index contributed by atoms with van der Waals surface area (Å²) in [5.74, 6) is 1.60. The van der Waals surface area contributed by atoms with E-state index in [-0.39, 0.29) is 11.9 Å². The number of hydrogen-bond donors (Lipinski definition) is 2. The maximum absolute atomic E-state index is 11.9. The zero-order valence-electron chi connectivity index (χ0n) is 13.7. The maximum Gasteiger partial charge on any atom is 0.237 e. The third-order valence-electron chi connectivity index (χ3n) is 3.57. The quantitative estimate of drug-likeness (QED) is 0.614. The normalized spacial score (nSPS) is 12.6. The summed E-state index contributed by atoms with van der Waals surface area (Å²) in [5, 5.41) is 6.13. The van der Waals surface area contributed by atoms with Gasteiger partial charge in [0.15, 0.2) is 0 Å². The van der Waals surface area contributed by atoms with Crippen LogP contribution in [-0.2, 0) is 11.3 Å². The Morgan fingerprint density at radius 2 is 1.95 bits per heavy atom. The Hall–Kier alpha value is -1.29. The van der Waals surface area contributed by atoms with Gasteiger partial charge in [0.05, 0.1) is 18.8 Å². The lowest BCUT2D eigenvalue weighted by Gasteiger charge is -2.13. The van der Waals surface area contributed by atoms with Gasteiger partial charge in [-0.2, -0.15) is 0 Å². The Balaban J connectivity index is 1.99. The van der Waals surface area contributed by atoms with E-state index in [1.807, 2.05) is 19.1 Å². The molecule has 0 aromatic carbocycles. The van der Waals surface area contributed by atoms with E-state index in [0.717, 1.165) is 24.6 Å². The third kappa shape index (κ3) is 8.56. The molecule has 1 atom stereocenters. The van der Waals surface area contributed by atoms with E-state index in [2.05, 4.69) is 24.5 Å². The lowest BCUT2D eigenvalue weighted by atomic mass is 10.0. The molecule has 0 spiro atoms. The molecule has 1 amide bonds. The van der Waals surface area contributed by atoms with Crippen LogP contribution in [0, 0.1) is 5.92 Å². The Labute approximate surface area is 128 Å². The fourth-order valence-electron chi connectivity index (χ4n) is 2.18. The molecule has 0 saturated heterocycles. The standard InChI is InChI=1S/C17H30N2O2/c1-14(2)9-6-4-5-7-11-18-15(3)17(20)19-13-16-10-8-12-21-16/h8,10,12,14-15,18H,4-7,9,11,13H2,1-3H3,(H,19,20). The second-order valence-electron chi connectivity index (χ2n) is 6.07. The van der Waals surface area contributed by atoms with E-state index in [4.69, 9.17) is 4.42 Å².